The molecule has 1 fully saturated rings. The molecule has 1 unspecified atom stereocenters. The van der Waals surface area contributed by atoms with Gasteiger partial charge in [-0.1, -0.05) is 31.5 Å². The normalized spacial score (nSPS) is 18.5. The van der Waals surface area contributed by atoms with Gasteiger partial charge in [0.25, 0.3) is 0 Å². The smallest absolute Gasteiger partial charge is 0.0367 e. The average Bonchev–Trinajstić information content (AvgIpc) is 2.48. The van der Waals surface area contributed by atoms with Crippen molar-refractivity contribution in [3.63, 3.8) is 0 Å². The van der Waals surface area contributed by atoms with Gasteiger partial charge < -0.3 is 10.6 Å². The molecule has 0 amide bonds. The molecule has 1 heterocycles. The highest BCUT2D eigenvalue weighted by atomic mass is 15.3. The van der Waals surface area contributed by atoms with Crippen molar-refractivity contribution in [1.82, 2.24) is 4.90 Å². The van der Waals surface area contributed by atoms with Crippen LogP contribution >= 0.6 is 0 Å². The number of para-hydroxylation sites is 1. The molecular formula is C16H27N3. The van der Waals surface area contributed by atoms with E-state index in [2.05, 4.69) is 47.1 Å². The van der Waals surface area contributed by atoms with Gasteiger partial charge in [-0.15, -0.1) is 0 Å². The van der Waals surface area contributed by atoms with Gasteiger partial charge in [-0.05, 0) is 31.0 Å². The second-order valence-corrected chi connectivity index (χ2v) is 5.51. The van der Waals surface area contributed by atoms with E-state index in [0.29, 0.717) is 5.92 Å². The van der Waals surface area contributed by atoms with E-state index in [1.165, 1.54) is 25.1 Å². The fourth-order valence-electron chi connectivity index (χ4n) is 2.88. The van der Waals surface area contributed by atoms with E-state index in [1.54, 1.807) is 0 Å². The number of benzene rings is 1. The molecule has 2 N–H and O–H groups in total. The Hall–Kier alpha value is -1.06. The summed E-state index contributed by atoms with van der Waals surface area (Å²) in [6.45, 7) is 8.83. The Labute approximate surface area is 117 Å². The summed E-state index contributed by atoms with van der Waals surface area (Å²) >= 11 is 0. The van der Waals surface area contributed by atoms with Gasteiger partial charge in [0.1, 0.15) is 0 Å². The van der Waals surface area contributed by atoms with Crippen LogP contribution in [0.1, 0.15) is 19.8 Å². The van der Waals surface area contributed by atoms with E-state index in [0.717, 1.165) is 32.7 Å². The third-order valence-corrected chi connectivity index (χ3v) is 4.04. The summed E-state index contributed by atoms with van der Waals surface area (Å²) in [6, 6.07) is 10.7. The number of anilines is 1. The van der Waals surface area contributed by atoms with Crippen LogP contribution in [-0.4, -0.2) is 44.2 Å². The van der Waals surface area contributed by atoms with Gasteiger partial charge in [0.05, 0.1) is 0 Å². The summed E-state index contributed by atoms with van der Waals surface area (Å²) in [7, 11) is 0. The van der Waals surface area contributed by atoms with Gasteiger partial charge in [0.15, 0.2) is 0 Å². The average molecular weight is 261 g/mol. The molecule has 3 heteroatoms. The Morgan fingerprint density at radius 1 is 1.11 bits per heavy atom. The standard InChI is InChI=1S/C16H27N3/c1-2-6-15(13-17)14-18-9-11-19(12-10-18)16-7-4-3-5-8-16/h3-5,7-8,15H,2,6,9-14,17H2,1H3. The van der Waals surface area contributed by atoms with E-state index < -0.39 is 0 Å². The lowest BCUT2D eigenvalue weighted by Crippen LogP contribution is -2.48. The van der Waals surface area contributed by atoms with Crippen molar-refractivity contribution in [1.29, 1.82) is 0 Å². The van der Waals surface area contributed by atoms with Crippen LogP contribution < -0.4 is 10.6 Å². The Balaban J connectivity index is 1.79. The molecule has 106 valence electrons. The highest BCUT2D eigenvalue weighted by Crippen LogP contribution is 2.16. The molecule has 0 saturated carbocycles. The third kappa shape index (κ3) is 4.22. The van der Waals surface area contributed by atoms with Crippen LogP contribution in [-0.2, 0) is 0 Å². The molecule has 1 saturated heterocycles. The van der Waals surface area contributed by atoms with Gasteiger partial charge in [-0.2, -0.15) is 0 Å². The van der Waals surface area contributed by atoms with Gasteiger partial charge in [0, 0.05) is 38.4 Å². The number of hydrogen-bond donors (Lipinski definition) is 1. The minimum Gasteiger partial charge on any atom is -0.369 e. The Kier molecular flexibility index (Phi) is 5.67. The second kappa shape index (κ2) is 7.51. The maximum Gasteiger partial charge on any atom is 0.0367 e. The number of hydrogen-bond acceptors (Lipinski definition) is 3. The molecule has 0 aromatic heterocycles. The minimum atomic E-state index is 0.674. The lowest BCUT2D eigenvalue weighted by Gasteiger charge is -2.37. The van der Waals surface area contributed by atoms with Crippen molar-refractivity contribution >= 4 is 5.69 Å². The van der Waals surface area contributed by atoms with Crippen LogP contribution in [0.15, 0.2) is 30.3 Å². The van der Waals surface area contributed by atoms with Crippen LogP contribution in [0.25, 0.3) is 0 Å². The molecule has 3 nitrogen and oxygen atoms in total. The number of piperazine rings is 1. The van der Waals surface area contributed by atoms with Gasteiger partial charge in [0.2, 0.25) is 0 Å². The van der Waals surface area contributed by atoms with E-state index >= 15 is 0 Å². The zero-order valence-corrected chi connectivity index (χ0v) is 12.1. The quantitative estimate of drug-likeness (QED) is 0.852. The molecule has 1 aromatic carbocycles. The van der Waals surface area contributed by atoms with Crippen molar-refractivity contribution in [2.75, 3.05) is 44.2 Å². The fraction of sp³-hybridized carbons (Fsp3) is 0.625. The number of nitrogens with two attached hydrogens (primary N) is 1. The molecule has 1 aromatic rings. The Morgan fingerprint density at radius 3 is 2.37 bits per heavy atom. The molecule has 0 bridgehead atoms. The van der Waals surface area contributed by atoms with E-state index in [9.17, 15) is 0 Å². The largest absolute Gasteiger partial charge is 0.369 e. The summed E-state index contributed by atoms with van der Waals surface area (Å²) in [4.78, 5) is 5.06. The molecular weight excluding hydrogens is 234 g/mol. The SMILES string of the molecule is CCCC(CN)CN1CCN(c2ccccc2)CC1. The first-order valence-corrected chi connectivity index (χ1v) is 7.56. The van der Waals surface area contributed by atoms with Crippen LogP contribution in [0.2, 0.25) is 0 Å². The van der Waals surface area contributed by atoms with Crippen LogP contribution in [0, 0.1) is 5.92 Å². The van der Waals surface area contributed by atoms with Gasteiger partial charge in [-0.25, -0.2) is 0 Å². The summed E-state index contributed by atoms with van der Waals surface area (Å²) in [5.41, 5.74) is 7.21. The zero-order chi connectivity index (χ0) is 13.5. The van der Waals surface area contributed by atoms with Crippen molar-refractivity contribution < 1.29 is 0 Å². The van der Waals surface area contributed by atoms with Crippen molar-refractivity contribution in [3.8, 4) is 0 Å². The molecule has 0 aliphatic carbocycles. The molecule has 1 aliphatic heterocycles. The molecule has 1 aliphatic rings. The minimum absolute atomic E-state index is 0.674. The predicted octanol–water partition coefficient (Wildman–Crippen LogP) is 2.18. The number of rotatable bonds is 6. The highest BCUT2D eigenvalue weighted by Gasteiger charge is 2.19. The molecule has 0 spiro atoms. The maximum atomic E-state index is 5.86. The number of nitrogens with zero attached hydrogens (tertiary/aromatic N) is 2. The predicted molar refractivity (Wildman–Crippen MR) is 82.5 cm³/mol. The fourth-order valence-corrected chi connectivity index (χ4v) is 2.88. The molecule has 19 heavy (non-hydrogen) atoms. The van der Waals surface area contributed by atoms with Crippen molar-refractivity contribution in [2.24, 2.45) is 11.7 Å². The van der Waals surface area contributed by atoms with Crippen LogP contribution in [0.3, 0.4) is 0 Å². The molecule has 1 atom stereocenters. The first-order valence-electron chi connectivity index (χ1n) is 7.56. The lowest BCUT2D eigenvalue weighted by atomic mass is 10.0. The topological polar surface area (TPSA) is 32.5 Å². The molecule has 0 radical (unpaired) electrons. The van der Waals surface area contributed by atoms with Crippen LogP contribution in [0.4, 0.5) is 5.69 Å². The molecule has 2 rings (SSSR count). The summed E-state index contributed by atoms with van der Waals surface area (Å²) in [6.07, 6.45) is 2.50. The Bertz CT molecular complexity index is 344. The lowest BCUT2D eigenvalue weighted by molar-refractivity contribution is 0.215. The van der Waals surface area contributed by atoms with Crippen molar-refractivity contribution in [3.05, 3.63) is 30.3 Å². The maximum absolute atomic E-state index is 5.86. The van der Waals surface area contributed by atoms with Crippen molar-refractivity contribution in [2.45, 2.75) is 19.8 Å². The summed E-state index contributed by atoms with van der Waals surface area (Å²) < 4.78 is 0. The third-order valence-electron chi connectivity index (χ3n) is 4.04. The van der Waals surface area contributed by atoms with Gasteiger partial charge >= 0.3 is 0 Å². The van der Waals surface area contributed by atoms with E-state index in [4.69, 9.17) is 5.73 Å². The zero-order valence-electron chi connectivity index (χ0n) is 12.1. The Morgan fingerprint density at radius 2 is 1.79 bits per heavy atom. The van der Waals surface area contributed by atoms with Crippen LogP contribution in [0.5, 0.6) is 0 Å². The summed E-state index contributed by atoms with van der Waals surface area (Å²) in [5, 5.41) is 0. The summed E-state index contributed by atoms with van der Waals surface area (Å²) in [5.74, 6) is 0.674. The van der Waals surface area contributed by atoms with E-state index in [-0.39, 0.29) is 0 Å². The second-order valence-electron chi connectivity index (χ2n) is 5.51. The monoisotopic (exact) mass is 261 g/mol. The first kappa shape index (κ1) is 14.4. The van der Waals surface area contributed by atoms with Gasteiger partial charge in [-0.3, -0.25) is 4.90 Å². The van der Waals surface area contributed by atoms with E-state index in [1.807, 2.05) is 0 Å². The first-order chi connectivity index (χ1) is 9.33. The highest BCUT2D eigenvalue weighted by molar-refractivity contribution is 5.46.